The van der Waals surface area contributed by atoms with Crippen molar-refractivity contribution in [2.24, 2.45) is 5.92 Å². The zero-order chi connectivity index (χ0) is 23.0. The van der Waals surface area contributed by atoms with Crippen LogP contribution in [0.4, 0.5) is 5.69 Å². The van der Waals surface area contributed by atoms with E-state index in [0.29, 0.717) is 30.2 Å². The number of carbonyl (C=O) groups excluding carboxylic acids is 1. The molecule has 0 fully saturated rings. The Morgan fingerprint density at radius 1 is 1.13 bits per heavy atom. The quantitative estimate of drug-likeness (QED) is 0.430. The number of carbonyl (C=O) groups is 2. The molecule has 0 saturated carbocycles. The zero-order valence-corrected chi connectivity index (χ0v) is 19.8. The number of hydrogen-bond donors (Lipinski definition) is 3. The van der Waals surface area contributed by atoms with E-state index >= 15 is 0 Å². The van der Waals surface area contributed by atoms with Crippen molar-refractivity contribution in [3.63, 3.8) is 0 Å². The molecule has 2 aromatic carbocycles. The third-order valence-corrected chi connectivity index (χ3v) is 5.31. The Kier molecular flexibility index (Phi) is 9.33. The fourth-order valence-corrected chi connectivity index (χ4v) is 3.40. The molecule has 3 N–H and O–H groups in total. The summed E-state index contributed by atoms with van der Waals surface area (Å²) in [7, 11) is 1.51. The smallest absolute Gasteiger partial charge is 0.320 e. The number of carboxylic acids is 1. The highest BCUT2D eigenvalue weighted by Gasteiger charge is 2.19. The first-order valence-corrected chi connectivity index (χ1v) is 10.8. The first-order chi connectivity index (χ1) is 14.7. The average molecular weight is 493 g/mol. The molecule has 0 aromatic heterocycles. The number of methoxy groups -OCH3 is 1. The van der Waals surface area contributed by atoms with Crippen LogP contribution in [0.15, 0.2) is 40.9 Å². The zero-order valence-electron chi connectivity index (χ0n) is 18.2. The van der Waals surface area contributed by atoms with Crippen molar-refractivity contribution in [3.8, 4) is 11.5 Å². The van der Waals surface area contributed by atoms with Gasteiger partial charge in [0.15, 0.2) is 18.1 Å². The number of rotatable bonds is 11. The maximum absolute atomic E-state index is 12.2. The van der Waals surface area contributed by atoms with Gasteiger partial charge >= 0.3 is 5.97 Å². The maximum atomic E-state index is 12.2. The lowest BCUT2D eigenvalue weighted by molar-refractivity contribution is -0.140. The number of carboxylic acid groups (broad SMARTS) is 1. The van der Waals surface area contributed by atoms with Crippen LogP contribution in [0, 0.1) is 12.8 Å². The number of anilines is 1. The second-order valence-electron chi connectivity index (χ2n) is 7.70. The second-order valence-corrected chi connectivity index (χ2v) is 8.55. The summed E-state index contributed by atoms with van der Waals surface area (Å²) < 4.78 is 11.8. The number of ether oxygens (including phenoxy) is 2. The normalized spacial score (nSPS) is 11.8. The molecule has 0 aliphatic carbocycles. The van der Waals surface area contributed by atoms with Gasteiger partial charge in [0.1, 0.15) is 6.04 Å². The van der Waals surface area contributed by atoms with Crippen LogP contribution >= 0.6 is 15.9 Å². The van der Waals surface area contributed by atoms with Gasteiger partial charge in [-0.1, -0.05) is 47.5 Å². The van der Waals surface area contributed by atoms with Crippen molar-refractivity contribution in [1.29, 1.82) is 0 Å². The first kappa shape index (κ1) is 24.7. The van der Waals surface area contributed by atoms with Crippen LogP contribution < -0.4 is 20.1 Å². The van der Waals surface area contributed by atoms with Gasteiger partial charge in [-0.2, -0.15) is 0 Å². The molecule has 0 spiro atoms. The lowest BCUT2D eigenvalue weighted by atomic mass is 10.0. The molecule has 0 heterocycles. The molecule has 1 atom stereocenters. The SMILES string of the molecule is COc1cc(CNC(CC(C)C)C(=O)O)c(Br)cc1OCC(=O)Nc1ccc(C)cc1. The minimum absolute atomic E-state index is 0.177. The molecule has 0 bridgehead atoms. The predicted octanol–water partition coefficient (Wildman–Crippen LogP) is 4.37. The van der Waals surface area contributed by atoms with E-state index in [9.17, 15) is 14.7 Å². The van der Waals surface area contributed by atoms with Crippen LogP contribution in [0.5, 0.6) is 11.5 Å². The fourth-order valence-electron chi connectivity index (χ4n) is 2.94. The minimum Gasteiger partial charge on any atom is -0.493 e. The Bertz CT molecular complexity index is 900. The minimum atomic E-state index is -0.878. The summed E-state index contributed by atoms with van der Waals surface area (Å²) in [6.07, 6.45) is 0.529. The highest BCUT2D eigenvalue weighted by atomic mass is 79.9. The monoisotopic (exact) mass is 492 g/mol. The first-order valence-electron chi connectivity index (χ1n) is 10.0. The summed E-state index contributed by atoms with van der Waals surface area (Å²) in [5, 5.41) is 15.2. The fraction of sp³-hybridized carbons (Fsp3) is 0.391. The van der Waals surface area contributed by atoms with Crippen molar-refractivity contribution in [1.82, 2.24) is 5.32 Å². The second kappa shape index (κ2) is 11.7. The number of hydrogen-bond acceptors (Lipinski definition) is 5. The Morgan fingerprint density at radius 3 is 2.39 bits per heavy atom. The summed E-state index contributed by atoms with van der Waals surface area (Å²) >= 11 is 3.49. The molecule has 8 heteroatoms. The van der Waals surface area contributed by atoms with Crippen molar-refractivity contribution in [2.75, 3.05) is 19.0 Å². The van der Waals surface area contributed by atoms with Gasteiger partial charge < -0.3 is 25.2 Å². The van der Waals surface area contributed by atoms with Crippen LogP contribution in [0.3, 0.4) is 0 Å². The molecule has 0 aliphatic heterocycles. The van der Waals surface area contributed by atoms with Crippen LogP contribution in [-0.4, -0.2) is 36.7 Å². The lowest BCUT2D eigenvalue weighted by Crippen LogP contribution is -2.37. The van der Waals surface area contributed by atoms with Crippen molar-refractivity contribution in [3.05, 3.63) is 52.0 Å². The third kappa shape index (κ3) is 7.88. The van der Waals surface area contributed by atoms with E-state index in [-0.39, 0.29) is 18.4 Å². The molecule has 31 heavy (non-hydrogen) atoms. The van der Waals surface area contributed by atoms with Gasteiger partial charge in [0, 0.05) is 16.7 Å². The van der Waals surface area contributed by atoms with Gasteiger partial charge in [0.2, 0.25) is 0 Å². The molecule has 0 radical (unpaired) electrons. The van der Waals surface area contributed by atoms with Gasteiger partial charge in [-0.25, -0.2) is 0 Å². The summed E-state index contributed by atoms with van der Waals surface area (Å²) in [4.78, 5) is 23.7. The number of aryl methyl sites for hydroxylation is 1. The van der Waals surface area contributed by atoms with Crippen molar-refractivity contribution >= 4 is 33.5 Å². The number of benzene rings is 2. The molecular weight excluding hydrogens is 464 g/mol. The molecule has 2 aromatic rings. The van der Waals surface area contributed by atoms with E-state index in [0.717, 1.165) is 15.6 Å². The topological polar surface area (TPSA) is 96.9 Å². The van der Waals surface area contributed by atoms with Gasteiger partial charge in [-0.15, -0.1) is 0 Å². The van der Waals surface area contributed by atoms with Crippen LogP contribution in [0.1, 0.15) is 31.4 Å². The van der Waals surface area contributed by atoms with Gasteiger partial charge in [0.05, 0.1) is 7.11 Å². The number of nitrogens with one attached hydrogen (secondary N) is 2. The molecule has 0 saturated heterocycles. The molecule has 168 valence electrons. The summed E-state index contributed by atoms with van der Waals surface area (Å²) in [6.45, 7) is 6.11. The largest absolute Gasteiger partial charge is 0.493 e. The van der Waals surface area contributed by atoms with E-state index in [1.807, 2.05) is 45.0 Å². The van der Waals surface area contributed by atoms with Gasteiger partial charge in [-0.05, 0) is 49.1 Å². The number of amides is 1. The van der Waals surface area contributed by atoms with Crippen molar-refractivity contribution < 1.29 is 24.2 Å². The lowest BCUT2D eigenvalue weighted by Gasteiger charge is -2.18. The van der Waals surface area contributed by atoms with Crippen LogP contribution in [0.2, 0.25) is 0 Å². The van der Waals surface area contributed by atoms with E-state index in [1.54, 1.807) is 12.1 Å². The van der Waals surface area contributed by atoms with E-state index in [2.05, 4.69) is 26.6 Å². The number of halogens is 1. The van der Waals surface area contributed by atoms with E-state index < -0.39 is 12.0 Å². The Morgan fingerprint density at radius 2 is 1.81 bits per heavy atom. The van der Waals surface area contributed by atoms with Crippen molar-refractivity contribution in [2.45, 2.75) is 39.8 Å². The standard InChI is InChI=1S/C23H29BrN2O5/c1-14(2)9-19(23(28)29)25-12-16-10-20(30-4)21(11-18(16)24)31-13-22(27)26-17-7-5-15(3)6-8-17/h5-8,10-11,14,19,25H,9,12-13H2,1-4H3,(H,26,27)(H,28,29). The Balaban J connectivity index is 2.01. The van der Waals surface area contributed by atoms with Gasteiger partial charge in [0.25, 0.3) is 5.91 Å². The summed E-state index contributed by atoms with van der Waals surface area (Å²) in [5.74, 6) is -0.0384. The highest BCUT2D eigenvalue weighted by Crippen LogP contribution is 2.33. The summed E-state index contributed by atoms with van der Waals surface area (Å²) in [5.41, 5.74) is 2.63. The van der Waals surface area contributed by atoms with Crippen LogP contribution in [0.25, 0.3) is 0 Å². The Labute approximate surface area is 191 Å². The van der Waals surface area contributed by atoms with E-state index in [4.69, 9.17) is 9.47 Å². The molecule has 1 unspecified atom stereocenters. The maximum Gasteiger partial charge on any atom is 0.320 e. The number of aliphatic carboxylic acids is 1. The molecular formula is C23H29BrN2O5. The Hall–Kier alpha value is -2.58. The third-order valence-electron chi connectivity index (χ3n) is 4.57. The molecule has 2 rings (SSSR count). The predicted molar refractivity (Wildman–Crippen MR) is 124 cm³/mol. The van der Waals surface area contributed by atoms with Gasteiger partial charge in [-0.3, -0.25) is 9.59 Å². The molecule has 7 nitrogen and oxygen atoms in total. The molecule has 0 aliphatic rings. The average Bonchev–Trinajstić information content (AvgIpc) is 2.71. The van der Waals surface area contributed by atoms with E-state index in [1.165, 1.54) is 7.11 Å². The van der Waals surface area contributed by atoms with Crippen LogP contribution in [-0.2, 0) is 16.1 Å². The molecule has 1 amide bonds. The summed E-state index contributed by atoms with van der Waals surface area (Å²) in [6, 6.07) is 10.3. The highest BCUT2D eigenvalue weighted by molar-refractivity contribution is 9.10.